The first kappa shape index (κ1) is 21.9. The van der Waals surface area contributed by atoms with Crippen LogP contribution in [0.15, 0.2) is 48.5 Å². The van der Waals surface area contributed by atoms with E-state index in [0.717, 1.165) is 11.8 Å². The van der Waals surface area contributed by atoms with Crippen LogP contribution in [-0.2, 0) is 31.0 Å². The molecule has 0 aromatic heterocycles. The predicted molar refractivity (Wildman–Crippen MR) is 108 cm³/mol. The number of carbonyl (C=O) groups excluding carboxylic acids is 3. The van der Waals surface area contributed by atoms with Crippen LogP contribution in [0.4, 0.5) is 11.4 Å². The molecule has 0 heterocycles. The Morgan fingerprint density at radius 2 is 1.72 bits per heavy atom. The summed E-state index contributed by atoms with van der Waals surface area (Å²) in [7, 11) is -3.65. The van der Waals surface area contributed by atoms with Crippen LogP contribution >= 0.6 is 0 Å². The van der Waals surface area contributed by atoms with Gasteiger partial charge in [-0.3, -0.25) is 19.1 Å². The molecule has 0 saturated heterocycles. The van der Waals surface area contributed by atoms with Gasteiger partial charge in [-0.15, -0.1) is 0 Å². The van der Waals surface area contributed by atoms with E-state index < -0.39 is 28.4 Å². The molecule has 2 aromatic carbocycles. The van der Waals surface area contributed by atoms with Gasteiger partial charge in [0.1, 0.15) is 13.2 Å². The molecule has 0 aliphatic heterocycles. The second kappa shape index (κ2) is 9.69. The van der Waals surface area contributed by atoms with E-state index in [1.165, 1.54) is 25.1 Å². The van der Waals surface area contributed by atoms with E-state index in [0.29, 0.717) is 5.69 Å². The standard InChI is InChI=1S/C19H21N3O6S/c1-13(23)21-15-8-9-17(22-29(2,26)27)16(10-15)19(25)20-11-18(24)28-12-14-6-4-3-5-7-14/h3-10,22H,11-12H2,1-2H3,(H,20,25)(H,21,23). The molecule has 0 saturated carbocycles. The molecule has 10 heteroatoms. The lowest BCUT2D eigenvalue weighted by atomic mass is 10.1. The van der Waals surface area contributed by atoms with Gasteiger partial charge in [0.25, 0.3) is 5.91 Å². The third-order valence-electron chi connectivity index (χ3n) is 3.52. The minimum Gasteiger partial charge on any atom is -0.460 e. The van der Waals surface area contributed by atoms with Gasteiger partial charge in [0, 0.05) is 12.6 Å². The Balaban J connectivity index is 2.06. The molecule has 0 bridgehead atoms. The summed E-state index contributed by atoms with van der Waals surface area (Å²) in [4.78, 5) is 35.6. The first-order valence-electron chi connectivity index (χ1n) is 8.51. The maximum Gasteiger partial charge on any atom is 0.325 e. The van der Waals surface area contributed by atoms with Crippen LogP contribution in [0.2, 0.25) is 0 Å². The third-order valence-corrected chi connectivity index (χ3v) is 4.11. The minimum absolute atomic E-state index is 0.0109. The third kappa shape index (κ3) is 7.62. The molecule has 2 amide bonds. The van der Waals surface area contributed by atoms with E-state index in [9.17, 15) is 22.8 Å². The molecule has 0 fully saturated rings. The quantitative estimate of drug-likeness (QED) is 0.556. The average Bonchev–Trinajstić information content (AvgIpc) is 2.65. The Bertz CT molecular complexity index is 1010. The molecular formula is C19H21N3O6S. The van der Waals surface area contributed by atoms with Crippen molar-refractivity contribution in [3.63, 3.8) is 0 Å². The zero-order valence-electron chi connectivity index (χ0n) is 15.9. The summed E-state index contributed by atoms with van der Waals surface area (Å²) in [5, 5.41) is 4.89. The SMILES string of the molecule is CC(=O)Nc1ccc(NS(C)(=O)=O)c(C(=O)NCC(=O)OCc2ccccc2)c1. The van der Waals surface area contributed by atoms with Crippen LogP contribution in [-0.4, -0.2) is 39.0 Å². The van der Waals surface area contributed by atoms with Gasteiger partial charge in [-0.2, -0.15) is 0 Å². The number of esters is 1. The smallest absolute Gasteiger partial charge is 0.325 e. The average molecular weight is 419 g/mol. The summed E-state index contributed by atoms with van der Waals surface area (Å²) in [6, 6.07) is 13.1. The van der Waals surface area contributed by atoms with E-state index in [2.05, 4.69) is 15.4 Å². The van der Waals surface area contributed by atoms with E-state index in [4.69, 9.17) is 4.74 Å². The van der Waals surface area contributed by atoms with Gasteiger partial charge < -0.3 is 15.4 Å². The number of hydrogen-bond acceptors (Lipinski definition) is 6. The molecule has 0 spiro atoms. The number of carbonyl (C=O) groups is 3. The lowest BCUT2D eigenvalue weighted by Crippen LogP contribution is -2.31. The highest BCUT2D eigenvalue weighted by Gasteiger charge is 2.17. The monoisotopic (exact) mass is 419 g/mol. The fourth-order valence-corrected chi connectivity index (χ4v) is 2.92. The summed E-state index contributed by atoms with van der Waals surface area (Å²) in [6.45, 7) is 0.952. The highest BCUT2D eigenvalue weighted by Crippen LogP contribution is 2.21. The Labute approximate surface area is 168 Å². The molecule has 0 radical (unpaired) electrons. The molecule has 0 aliphatic carbocycles. The molecule has 0 unspecified atom stereocenters. The molecule has 0 atom stereocenters. The van der Waals surface area contributed by atoms with Crippen LogP contribution in [0, 0.1) is 0 Å². The summed E-state index contributed by atoms with van der Waals surface area (Å²) >= 11 is 0. The molecule has 3 N–H and O–H groups in total. The van der Waals surface area contributed by atoms with Crippen molar-refractivity contribution in [2.75, 3.05) is 22.8 Å². The van der Waals surface area contributed by atoms with Crippen LogP contribution < -0.4 is 15.4 Å². The number of benzene rings is 2. The van der Waals surface area contributed by atoms with Crippen molar-refractivity contribution < 1.29 is 27.5 Å². The Morgan fingerprint density at radius 1 is 1.03 bits per heavy atom. The summed E-state index contributed by atoms with van der Waals surface area (Å²) < 4.78 is 30.4. The fraction of sp³-hybridized carbons (Fsp3) is 0.211. The summed E-state index contributed by atoms with van der Waals surface area (Å²) in [6.07, 6.45) is 0.942. The molecule has 154 valence electrons. The highest BCUT2D eigenvalue weighted by molar-refractivity contribution is 7.92. The number of rotatable bonds is 8. The van der Waals surface area contributed by atoms with Gasteiger partial charge in [0.2, 0.25) is 15.9 Å². The van der Waals surface area contributed by atoms with E-state index >= 15 is 0 Å². The summed E-state index contributed by atoms with van der Waals surface area (Å²) in [5.41, 5.74) is 1.05. The number of amides is 2. The molecule has 0 aliphatic rings. The number of anilines is 2. The van der Waals surface area contributed by atoms with Gasteiger partial charge in [-0.25, -0.2) is 8.42 Å². The van der Waals surface area contributed by atoms with Crippen molar-refractivity contribution in [2.45, 2.75) is 13.5 Å². The van der Waals surface area contributed by atoms with E-state index in [1.54, 1.807) is 12.1 Å². The maximum absolute atomic E-state index is 12.5. The second-order valence-electron chi connectivity index (χ2n) is 6.14. The van der Waals surface area contributed by atoms with Crippen molar-refractivity contribution >= 4 is 39.2 Å². The highest BCUT2D eigenvalue weighted by atomic mass is 32.2. The Hall–Kier alpha value is -3.40. The van der Waals surface area contributed by atoms with Crippen molar-refractivity contribution in [3.05, 3.63) is 59.7 Å². The van der Waals surface area contributed by atoms with Crippen molar-refractivity contribution in [2.24, 2.45) is 0 Å². The molecule has 2 rings (SSSR count). The van der Waals surface area contributed by atoms with Gasteiger partial charge >= 0.3 is 5.97 Å². The molecular weight excluding hydrogens is 398 g/mol. The van der Waals surface area contributed by atoms with E-state index in [1.807, 2.05) is 18.2 Å². The second-order valence-corrected chi connectivity index (χ2v) is 7.89. The zero-order valence-corrected chi connectivity index (χ0v) is 16.7. The van der Waals surface area contributed by atoms with Crippen LogP contribution in [0.3, 0.4) is 0 Å². The number of nitrogens with one attached hydrogen (secondary N) is 3. The molecule has 9 nitrogen and oxygen atoms in total. The minimum atomic E-state index is -3.65. The Morgan fingerprint density at radius 3 is 2.34 bits per heavy atom. The van der Waals surface area contributed by atoms with E-state index in [-0.39, 0.29) is 23.8 Å². The number of hydrogen-bond donors (Lipinski definition) is 3. The maximum atomic E-state index is 12.5. The number of ether oxygens (including phenoxy) is 1. The van der Waals surface area contributed by atoms with Gasteiger partial charge in [0.05, 0.1) is 17.5 Å². The molecule has 29 heavy (non-hydrogen) atoms. The lowest BCUT2D eigenvalue weighted by molar-refractivity contribution is -0.143. The van der Waals surface area contributed by atoms with Gasteiger partial charge in [-0.05, 0) is 23.8 Å². The normalized spacial score (nSPS) is 10.7. The number of sulfonamides is 1. The Kier molecular flexibility index (Phi) is 7.32. The van der Waals surface area contributed by atoms with Crippen LogP contribution in [0.1, 0.15) is 22.8 Å². The van der Waals surface area contributed by atoms with Crippen molar-refractivity contribution in [1.82, 2.24) is 5.32 Å². The van der Waals surface area contributed by atoms with Crippen LogP contribution in [0.5, 0.6) is 0 Å². The van der Waals surface area contributed by atoms with Gasteiger partial charge in [-0.1, -0.05) is 30.3 Å². The van der Waals surface area contributed by atoms with Crippen molar-refractivity contribution in [3.8, 4) is 0 Å². The zero-order chi connectivity index (χ0) is 21.4. The predicted octanol–water partition coefficient (Wildman–Crippen LogP) is 1.49. The summed E-state index contributed by atoms with van der Waals surface area (Å²) in [5.74, 6) is -1.72. The lowest BCUT2D eigenvalue weighted by Gasteiger charge is -2.13. The topological polar surface area (TPSA) is 131 Å². The first-order valence-corrected chi connectivity index (χ1v) is 10.4. The first-order chi connectivity index (χ1) is 13.6. The fourth-order valence-electron chi connectivity index (χ4n) is 2.34. The van der Waals surface area contributed by atoms with Crippen LogP contribution in [0.25, 0.3) is 0 Å². The van der Waals surface area contributed by atoms with Crippen molar-refractivity contribution in [1.29, 1.82) is 0 Å². The van der Waals surface area contributed by atoms with Gasteiger partial charge in [0.15, 0.2) is 0 Å². The largest absolute Gasteiger partial charge is 0.460 e. The molecule has 2 aromatic rings.